The Bertz CT molecular complexity index is 680. The van der Waals surface area contributed by atoms with Crippen molar-refractivity contribution in [2.24, 2.45) is 7.05 Å². The molecule has 22 heavy (non-hydrogen) atoms. The summed E-state index contributed by atoms with van der Waals surface area (Å²) in [5, 5.41) is 16.4. The van der Waals surface area contributed by atoms with E-state index >= 15 is 0 Å². The number of carboxylic acid groups (broad SMARTS) is 1. The van der Waals surface area contributed by atoms with Crippen LogP contribution in [0, 0.1) is 5.82 Å². The summed E-state index contributed by atoms with van der Waals surface area (Å²) in [6.07, 6.45) is 1.84. The first-order valence-electron chi connectivity index (χ1n) is 7.13. The molecule has 0 radical (unpaired) electrons. The molecule has 0 spiro atoms. The average molecular weight is 305 g/mol. The minimum atomic E-state index is -1.06. The second-order valence-corrected chi connectivity index (χ2v) is 5.54. The molecule has 0 unspecified atom stereocenters. The number of aromatic nitrogens is 2. The Morgan fingerprint density at radius 3 is 2.77 bits per heavy atom. The molecule has 0 aliphatic rings. The summed E-state index contributed by atoms with van der Waals surface area (Å²) in [7, 11) is 1.87. The third-order valence-electron chi connectivity index (χ3n) is 3.62. The first-order chi connectivity index (χ1) is 10.4. The third-order valence-corrected chi connectivity index (χ3v) is 3.62. The highest BCUT2D eigenvalue weighted by molar-refractivity contribution is 5.87. The van der Waals surface area contributed by atoms with E-state index < -0.39 is 11.8 Å². The summed E-state index contributed by atoms with van der Waals surface area (Å²) in [5.41, 5.74) is 2.62. The maximum atomic E-state index is 13.7. The molecule has 2 rings (SSSR count). The van der Waals surface area contributed by atoms with Gasteiger partial charge >= 0.3 is 5.97 Å². The van der Waals surface area contributed by atoms with E-state index in [1.54, 1.807) is 4.68 Å². The van der Waals surface area contributed by atoms with E-state index in [0.717, 1.165) is 11.3 Å². The van der Waals surface area contributed by atoms with Crippen molar-refractivity contribution < 1.29 is 14.3 Å². The predicted octanol–water partition coefficient (Wildman–Crippen LogP) is 2.67. The molecule has 0 aliphatic carbocycles. The van der Waals surface area contributed by atoms with Crippen molar-refractivity contribution >= 4 is 5.97 Å². The van der Waals surface area contributed by atoms with Gasteiger partial charge in [-0.05, 0) is 29.7 Å². The van der Waals surface area contributed by atoms with Gasteiger partial charge in [-0.15, -0.1) is 0 Å². The van der Waals surface area contributed by atoms with Crippen molar-refractivity contribution in [1.29, 1.82) is 0 Å². The first kappa shape index (κ1) is 16.2. The Labute approximate surface area is 128 Å². The first-order valence-corrected chi connectivity index (χ1v) is 7.13. The average Bonchev–Trinajstić information content (AvgIpc) is 2.82. The largest absolute Gasteiger partial charge is 0.478 e. The number of aryl methyl sites for hydroxylation is 1. The van der Waals surface area contributed by atoms with Gasteiger partial charge in [0.05, 0.1) is 17.5 Å². The normalized spacial score (nSPS) is 11.1. The molecule has 1 aromatic heterocycles. The summed E-state index contributed by atoms with van der Waals surface area (Å²) < 4.78 is 15.5. The third kappa shape index (κ3) is 3.51. The van der Waals surface area contributed by atoms with Crippen molar-refractivity contribution in [1.82, 2.24) is 15.1 Å². The number of aromatic carboxylic acids is 1. The van der Waals surface area contributed by atoms with E-state index in [2.05, 4.69) is 24.3 Å². The van der Waals surface area contributed by atoms with E-state index in [0.29, 0.717) is 18.0 Å². The quantitative estimate of drug-likeness (QED) is 0.861. The van der Waals surface area contributed by atoms with Crippen molar-refractivity contribution in [2.45, 2.75) is 32.9 Å². The number of hydrogen-bond donors (Lipinski definition) is 2. The summed E-state index contributed by atoms with van der Waals surface area (Å²) in [6, 6.07) is 3.81. The number of nitrogens with zero attached hydrogens (tertiary/aromatic N) is 2. The van der Waals surface area contributed by atoms with Gasteiger partial charge in [0, 0.05) is 25.7 Å². The lowest BCUT2D eigenvalue weighted by molar-refractivity contribution is 0.0696. The molecule has 6 heteroatoms. The van der Waals surface area contributed by atoms with Crippen LogP contribution in [0.3, 0.4) is 0 Å². The molecular weight excluding hydrogens is 285 g/mol. The van der Waals surface area contributed by atoms with Crippen LogP contribution in [0.25, 0.3) is 0 Å². The lowest BCUT2D eigenvalue weighted by atomic mass is 10.0. The molecule has 1 aromatic carbocycles. The maximum absolute atomic E-state index is 13.7. The van der Waals surface area contributed by atoms with Gasteiger partial charge in [0.25, 0.3) is 0 Å². The minimum absolute atomic E-state index is 0.0848. The number of halogens is 1. The molecule has 0 fully saturated rings. The van der Waals surface area contributed by atoms with Gasteiger partial charge in [0.1, 0.15) is 5.82 Å². The monoisotopic (exact) mass is 305 g/mol. The minimum Gasteiger partial charge on any atom is -0.478 e. The number of hydrogen-bond acceptors (Lipinski definition) is 3. The van der Waals surface area contributed by atoms with Crippen LogP contribution < -0.4 is 5.32 Å². The number of nitrogens with one attached hydrogen (secondary N) is 1. The highest BCUT2D eigenvalue weighted by Crippen LogP contribution is 2.18. The van der Waals surface area contributed by atoms with Gasteiger partial charge < -0.3 is 10.4 Å². The molecular formula is C16H20FN3O2. The van der Waals surface area contributed by atoms with Crippen LogP contribution in [-0.4, -0.2) is 20.9 Å². The zero-order chi connectivity index (χ0) is 16.3. The van der Waals surface area contributed by atoms with E-state index in [4.69, 9.17) is 5.11 Å². The lowest BCUT2D eigenvalue weighted by Crippen LogP contribution is -2.18. The van der Waals surface area contributed by atoms with Crippen molar-refractivity contribution in [2.75, 3.05) is 0 Å². The Kier molecular flexibility index (Phi) is 4.92. The standard InChI is InChI=1S/C16H20FN3O2/c1-10(2)13-8-19-20(3)15(13)9-18-7-12-6-11(16(21)22)4-5-14(12)17/h4-6,8,10,18H,7,9H2,1-3H3,(H,21,22). The Morgan fingerprint density at radius 2 is 2.14 bits per heavy atom. The zero-order valence-electron chi connectivity index (χ0n) is 12.9. The zero-order valence-corrected chi connectivity index (χ0v) is 12.9. The predicted molar refractivity (Wildman–Crippen MR) is 81.2 cm³/mol. The number of carboxylic acids is 1. The summed E-state index contributed by atoms with van der Waals surface area (Å²) >= 11 is 0. The van der Waals surface area contributed by atoms with E-state index in [1.165, 1.54) is 18.2 Å². The Hall–Kier alpha value is -2.21. The number of carbonyl (C=O) groups is 1. The van der Waals surface area contributed by atoms with Gasteiger partial charge in [-0.3, -0.25) is 4.68 Å². The fourth-order valence-electron chi connectivity index (χ4n) is 2.34. The van der Waals surface area contributed by atoms with Crippen LogP contribution >= 0.6 is 0 Å². The van der Waals surface area contributed by atoms with Gasteiger partial charge in [0.2, 0.25) is 0 Å². The van der Waals surface area contributed by atoms with Crippen LogP contribution in [0.1, 0.15) is 46.9 Å². The highest BCUT2D eigenvalue weighted by atomic mass is 19.1. The van der Waals surface area contributed by atoms with Crippen LogP contribution in [0.4, 0.5) is 4.39 Å². The molecule has 1 heterocycles. The lowest BCUT2D eigenvalue weighted by Gasteiger charge is -2.11. The van der Waals surface area contributed by atoms with E-state index in [9.17, 15) is 9.18 Å². The van der Waals surface area contributed by atoms with Gasteiger partial charge in [-0.1, -0.05) is 13.8 Å². The molecule has 2 aromatic rings. The fraction of sp³-hybridized carbons (Fsp3) is 0.375. The van der Waals surface area contributed by atoms with Gasteiger partial charge in [-0.25, -0.2) is 9.18 Å². The smallest absolute Gasteiger partial charge is 0.335 e. The summed E-state index contributed by atoms with van der Waals surface area (Å²) in [6.45, 7) is 4.99. The van der Waals surface area contributed by atoms with Crippen LogP contribution in [-0.2, 0) is 20.1 Å². The van der Waals surface area contributed by atoms with Crippen molar-refractivity contribution in [3.05, 3.63) is 52.6 Å². The second-order valence-electron chi connectivity index (χ2n) is 5.54. The molecule has 0 amide bonds. The maximum Gasteiger partial charge on any atom is 0.335 e. The highest BCUT2D eigenvalue weighted by Gasteiger charge is 2.12. The Morgan fingerprint density at radius 1 is 1.41 bits per heavy atom. The topological polar surface area (TPSA) is 67.2 Å². The Balaban J connectivity index is 2.07. The molecule has 0 bridgehead atoms. The molecule has 2 N–H and O–H groups in total. The second kappa shape index (κ2) is 6.70. The number of rotatable bonds is 6. The molecule has 0 aliphatic heterocycles. The summed E-state index contributed by atoms with van der Waals surface area (Å²) in [4.78, 5) is 10.9. The molecule has 118 valence electrons. The van der Waals surface area contributed by atoms with Gasteiger partial charge in [-0.2, -0.15) is 5.10 Å². The fourth-order valence-corrected chi connectivity index (χ4v) is 2.34. The number of benzene rings is 1. The van der Waals surface area contributed by atoms with Crippen molar-refractivity contribution in [3.63, 3.8) is 0 Å². The SMILES string of the molecule is CC(C)c1cnn(C)c1CNCc1cc(C(=O)O)ccc1F. The molecule has 5 nitrogen and oxygen atoms in total. The van der Waals surface area contributed by atoms with Crippen LogP contribution in [0.15, 0.2) is 24.4 Å². The van der Waals surface area contributed by atoms with Crippen molar-refractivity contribution in [3.8, 4) is 0 Å². The molecule has 0 saturated carbocycles. The van der Waals surface area contributed by atoms with Gasteiger partial charge in [0.15, 0.2) is 0 Å². The van der Waals surface area contributed by atoms with Crippen LogP contribution in [0.2, 0.25) is 0 Å². The molecule has 0 atom stereocenters. The van der Waals surface area contributed by atoms with Crippen LogP contribution in [0.5, 0.6) is 0 Å². The molecule has 0 saturated heterocycles. The van der Waals surface area contributed by atoms with E-state index in [1.807, 2.05) is 13.2 Å². The summed E-state index contributed by atoms with van der Waals surface area (Å²) in [5.74, 6) is -1.11. The van der Waals surface area contributed by atoms with E-state index in [-0.39, 0.29) is 12.1 Å².